The van der Waals surface area contributed by atoms with Crippen LogP contribution in [0.15, 0.2) is 36.5 Å². The van der Waals surface area contributed by atoms with E-state index in [1.807, 2.05) is 36.1 Å². The van der Waals surface area contributed by atoms with E-state index in [4.69, 9.17) is 9.47 Å². The number of piperidine rings is 1. The largest absolute Gasteiger partial charge is 0.495 e. The van der Waals surface area contributed by atoms with Crippen molar-refractivity contribution < 1.29 is 19.1 Å². The molecule has 0 radical (unpaired) electrons. The molecule has 1 aromatic carbocycles. The molecule has 1 aromatic heterocycles. The molecule has 9 heteroatoms. The number of likely N-dealkylation sites (tertiary alicyclic amines) is 1. The number of hydrogen-bond acceptors (Lipinski definition) is 6. The molecule has 164 valence electrons. The number of anilines is 1. The first kappa shape index (κ1) is 20.9. The van der Waals surface area contributed by atoms with E-state index in [0.29, 0.717) is 43.6 Å². The fourth-order valence-corrected chi connectivity index (χ4v) is 3.96. The van der Waals surface area contributed by atoms with Crippen molar-refractivity contribution in [1.29, 1.82) is 0 Å². The van der Waals surface area contributed by atoms with Gasteiger partial charge in [-0.1, -0.05) is 12.1 Å². The highest BCUT2D eigenvalue weighted by Gasteiger charge is 2.34. The summed E-state index contributed by atoms with van der Waals surface area (Å²) < 4.78 is 11.3. The van der Waals surface area contributed by atoms with Crippen LogP contribution < -0.4 is 14.4 Å². The van der Waals surface area contributed by atoms with Crippen LogP contribution in [-0.4, -0.2) is 77.6 Å². The van der Waals surface area contributed by atoms with E-state index in [1.165, 1.54) is 0 Å². The lowest BCUT2D eigenvalue weighted by molar-refractivity contribution is -0.133. The topological polar surface area (TPSA) is 88.1 Å². The van der Waals surface area contributed by atoms with Crippen molar-refractivity contribution in [2.45, 2.75) is 25.9 Å². The maximum atomic E-state index is 12.9. The second-order valence-electron chi connectivity index (χ2n) is 7.67. The van der Waals surface area contributed by atoms with Gasteiger partial charge in [0.2, 0.25) is 11.8 Å². The van der Waals surface area contributed by atoms with Crippen LogP contribution in [0.3, 0.4) is 0 Å². The number of para-hydroxylation sites is 2. The number of nitrogens with zero attached hydrogens (tertiary/aromatic N) is 5. The molecule has 2 aliphatic heterocycles. The molecule has 2 saturated heterocycles. The van der Waals surface area contributed by atoms with Gasteiger partial charge in [0.1, 0.15) is 24.2 Å². The Labute approximate surface area is 181 Å². The Kier molecular flexibility index (Phi) is 6.20. The lowest BCUT2D eigenvalue weighted by Crippen LogP contribution is -2.47. The maximum absolute atomic E-state index is 12.9. The average molecular weight is 425 g/mol. The quantitative estimate of drug-likeness (QED) is 0.704. The van der Waals surface area contributed by atoms with E-state index in [0.717, 1.165) is 18.5 Å². The van der Waals surface area contributed by atoms with Gasteiger partial charge in [-0.25, -0.2) is 9.78 Å². The van der Waals surface area contributed by atoms with Crippen molar-refractivity contribution in [3.05, 3.63) is 42.4 Å². The molecule has 0 bridgehead atoms. The number of hydrogen-bond donors (Lipinski definition) is 0. The zero-order chi connectivity index (χ0) is 21.8. The van der Waals surface area contributed by atoms with Crippen molar-refractivity contribution in [3.8, 4) is 11.6 Å². The van der Waals surface area contributed by atoms with Crippen molar-refractivity contribution in [1.82, 2.24) is 19.8 Å². The predicted molar refractivity (Wildman–Crippen MR) is 114 cm³/mol. The summed E-state index contributed by atoms with van der Waals surface area (Å²) in [6.45, 7) is 4.15. The Morgan fingerprint density at radius 3 is 2.65 bits per heavy atom. The minimum atomic E-state index is -0.171. The van der Waals surface area contributed by atoms with Crippen LogP contribution in [0.4, 0.5) is 10.5 Å². The highest BCUT2D eigenvalue weighted by Crippen LogP contribution is 2.30. The fraction of sp³-hybridized carbons (Fsp3) is 0.455. The van der Waals surface area contributed by atoms with Crippen LogP contribution >= 0.6 is 0 Å². The van der Waals surface area contributed by atoms with Crippen LogP contribution in [0, 0.1) is 6.92 Å². The second kappa shape index (κ2) is 9.20. The smallest absolute Gasteiger partial charge is 0.325 e. The number of aryl methyl sites for hydroxylation is 1. The lowest BCUT2D eigenvalue weighted by atomic mass is 10.1. The third-order valence-corrected chi connectivity index (χ3v) is 5.63. The standard InChI is InChI=1S/C22H27N5O4/c1-16-23-10-7-20(24-16)31-17-8-11-25(12-9-17)21(28)15-26-13-14-27(22(26)29)18-5-3-4-6-19(18)30-2/h3-7,10,17H,8-9,11-15H2,1-2H3. The van der Waals surface area contributed by atoms with Crippen LogP contribution in [0.25, 0.3) is 0 Å². The van der Waals surface area contributed by atoms with E-state index in [2.05, 4.69) is 9.97 Å². The molecule has 3 heterocycles. The van der Waals surface area contributed by atoms with Crippen LogP contribution in [-0.2, 0) is 4.79 Å². The molecule has 0 N–H and O–H groups in total. The molecule has 0 unspecified atom stereocenters. The molecular formula is C22H27N5O4. The number of rotatable bonds is 6. The zero-order valence-corrected chi connectivity index (χ0v) is 17.9. The van der Waals surface area contributed by atoms with Crippen LogP contribution in [0.1, 0.15) is 18.7 Å². The van der Waals surface area contributed by atoms with E-state index >= 15 is 0 Å². The number of urea groups is 1. The number of benzene rings is 1. The van der Waals surface area contributed by atoms with Gasteiger partial charge >= 0.3 is 6.03 Å². The summed E-state index contributed by atoms with van der Waals surface area (Å²) in [5, 5.41) is 0. The van der Waals surface area contributed by atoms with Crippen LogP contribution in [0.5, 0.6) is 11.6 Å². The summed E-state index contributed by atoms with van der Waals surface area (Å²) >= 11 is 0. The van der Waals surface area contributed by atoms with Crippen molar-refractivity contribution >= 4 is 17.6 Å². The SMILES string of the molecule is COc1ccccc1N1CCN(CC(=O)N2CCC(Oc3ccnc(C)n3)CC2)C1=O. The third kappa shape index (κ3) is 4.70. The highest BCUT2D eigenvalue weighted by molar-refractivity contribution is 5.97. The zero-order valence-electron chi connectivity index (χ0n) is 17.9. The summed E-state index contributed by atoms with van der Waals surface area (Å²) in [6.07, 6.45) is 3.16. The van der Waals surface area contributed by atoms with Crippen molar-refractivity contribution in [2.75, 3.05) is 44.7 Å². The maximum Gasteiger partial charge on any atom is 0.325 e. The minimum Gasteiger partial charge on any atom is -0.495 e. The number of carbonyl (C=O) groups is 2. The molecule has 2 aromatic rings. The summed E-state index contributed by atoms with van der Waals surface area (Å²) in [5.41, 5.74) is 0.725. The third-order valence-electron chi connectivity index (χ3n) is 5.63. The Morgan fingerprint density at radius 1 is 1.13 bits per heavy atom. The Bertz CT molecular complexity index is 945. The number of aromatic nitrogens is 2. The van der Waals surface area contributed by atoms with Gasteiger partial charge in [0, 0.05) is 51.3 Å². The second-order valence-corrected chi connectivity index (χ2v) is 7.67. The summed E-state index contributed by atoms with van der Waals surface area (Å²) in [5.74, 6) is 1.84. The summed E-state index contributed by atoms with van der Waals surface area (Å²) in [7, 11) is 1.58. The predicted octanol–water partition coefficient (Wildman–Crippen LogP) is 2.11. The monoisotopic (exact) mass is 425 g/mol. The first-order valence-corrected chi connectivity index (χ1v) is 10.5. The first-order chi connectivity index (χ1) is 15.0. The highest BCUT2D eigenvalue weighted by atomic mass is 16.5. The Balaban J connectivity index is 1.29. The van der Waals surface area contributed by atoms with E-state index < -0.39 is 0 Å². The fourth-order valence-electron chi connectivity index (χ4n) is 3.96. The molecule has 0 saturated carbocycles. The van der Waals surface area contributed by atoms with Crippen molar-refractivity contribution in [2.24, 2.45) is 0 Å². The lowest BCUT2D eigenvalue weighted by Gasteiger charge is -2.33. The Hall–Kier alpha value is -3.36. The molecule has 2 aliphatic rings. The van der Waals surface area contributed by atoms with Gasteiger partial charge in [-0.2, -0.15) is 4.98 Å². The number of ether oxygens (including phenoxy) is 2. The van der Waals surface area contributed by atoms with Gasteiger partial charge in [-0.3, -0.25) is 9.69 Å². The molecule has 31 heavy (non-hydrogen) atoms. The van der Waals surface area contributed by atoms with Gasteiger partial charge in [-0.05, 0) is 19.1 Å². The Morgan fingerprint density at radius 2 is 1.90 bits per heavy atom. The van der Waals surface area contributed by atoms with Crippen molar-refractivity contribution in [3.63, 3.8) is 0 Å². The molecular weight excluding hydrogens is 398 g/mol. The van der Waals surface area contributed by atoms with Gasteiger partial charge in [0.05, 0.1) is 12.8 Å². The molecule has 0 atom stereocenters. The number of methoxy groups -OCH3 is 1. The van der Waals surface area contributed by atoms with E-state index in [-0.39, 0.29) is 24.6 Å². The summed E-state index contributed by atoms with van der Waals surface area (Å²) in [4.78, 5) is 39.1. The molecule has 0 spiro atoms. The van der Waals surface area contributed by atoms with Crippen LogP contribution in [0.2, 0.25) is 0 Å². The van der Waals surface area contributed by atoms with Gasteiger partial charge in [-0.15, -0.1) is 0 Å². The molecule has 9 nitrogen and oxygen atoms in total. The van der Waals surface area contributed by atoms with Gasteiger partial charge in [0.15, 0.2) is 0 Å². The molecule has 4 rings (SSSR count). The normalized spacial score (nSPS) is 17.2. The molecule has 0 aliphatic carbocycles. The minimum absolute atomic E-state index is 0.0211. The summed E-state index contributed by atoms with van der Waals surface area (Å²) in [6, 6.07) is 8.99. The first-order valence-electron chi connectivity index (χ1n) is 10.5. The average Bonchev–Trinajstić information content (AvgIpc) is 3.14. The molecule has 3 amide bonds. The van der Waals surface area contributed by atoms with Gasteiger partial charge < -0.3 is 19.3 Å². The number of carbonyl (C=O) groups excluding carboxylic acids is 2. The van der Waals surface area contributed by atoms with Gasteiger partial charge in [0.25, 0.3) is 0 Å². The number of amides is 3. The van der Waals surface area contributed by atoms with E-state index in [1.54, 1.807) is 29.2 Å². The molecule has 2 fully saturated rings. The van der Waals surface area contributed by atoms with E-state index in [9.17, 15) is 9.59 Å².